The lowest BCUT2D eigenvalue weighted by molar-refractivity contribution is 0.0980. The molecule has 11 heteroatoms. The summed E-state index contributed by atoms with van der Waals surface area (Å²) in [6.07, 6.45) is -1.51. The molecule has 0 radical (unpaired) electrons. The zero-order valence-corrected chi connectivity index (χ0v) is 16.1. The van der Waals surface area contributed by atoms with Gasteiger partial charge in [-0.25, -0.2) is 23.7 Å². The van der Waals surface area contributed by atoms with Gasteiger partial charge in [-0.2, -0.15) is 4.98 Å². The maximum atomic E-state index is 13.6. The largest absolute Gasteiger partial charge is 0.378 e. The van der Waals surface area contributed by atoms with E-state index in [9.17, 15) is 8.78 Å². The Hall–Kier alpha value is -2.66. The van der Waals surface area contributed by atoms with Crippen LogP contribution in [0.15, 0.2) is 12.3 Å². The molecule has 0 saturated carbocycles. The average molecular weight is 407 g/mol. The Kier molecular flexibility index (Phi) is 5.67. The predicted molar refractivity (Wildman–Crippen MR) is 103 cm³/mol. The number of rotatable bonds is 4. The normalized spacial score (nSPS) is 20.3. The first kappa shape index (κ1) is 19.6. The van der Waals surface area contributed by atoms with E-state index in [0.29, 0.717) is 63.5 Å². The van der Waals surface area contributed by atoms with Crippen LogP contribution in [0.3, 0.4) is 0 Å². The fourth-order valence-corrected chi connectivity index (χ4v) is 3.44. The molecule has 2 aromatic heterocycles. The van der Waals surface area contributed by atoms with Crippen LogP contribution in [0, 0.1) is 0 Å². The minimum Gasteiger partial charge on any atom is -0.378 e. The molecule has 4 heterocycles. The number of morpholine rings is 2. The molecule has 1 atom stereocenters. The van der Waals surface area contributed by atoms with Crippen molar-refractivity contribution in [1.82, 2.24) is 19.9 Å². The molecule has 2 N–H and O–H groups in total. The highest BCUT2D eigenvalue weighted by molar-refractivity contribution is 5.67. The minimum absolute atomic E-state index is 0.0637. The van der Waals surface area contributed by atoms with Crippen LogP contribution in [0.5, 0.6) is 0 Å². The summed E-state index contributed by atoms with van der Waals surface area (Å²) in [7, 11) is 0. The Morgan fingerprint density at radius 2 is 1.86 bits per heavy atom. The summed E-state index contributed by atoms with van der Waals surface area (Å²) in [6.45, 7) is 6.22. The van der Waals surface area contributed by atoms with Crippen LogP contribution < -0.4 is 15.5 Å². The maximum absolute atomic E-state index is 13.6. The van der Waals surface area contributed by atoms with Crippen molar-refractivity contribution in [3.8, 4) is 11.3 Å². The lowest BCUT2D eigenvalue weighted by atomic mass is 10.1. The molecule has 0 spiro atoms. The van der Waals surface area contributed by atoms with E-state index in [1.807, 2.05) is 11.8 Å². The zero-order valence-electron chi connectivity index (χ0n) is 16.1. The van der Waals surface area contributed by atoms with Gasteiger partial charge < -0.3 is 25.0 Å². The monoisotopic (exact) mass is 407 g/mol. The summed E-state index contributed by atoms with van der Waals surface area (Å²) in [5, 5.41) is 0. The molecule has 4 rings (SSSR count). The van der Waals surface area contributed by atoms with Gasteiger partial charge in [-0.3, -0.25) is 0 Å². The number of hydrogen-bond acceptors (Lipinski definition) is 9. The van der Waals surface area contributed by atoms with E-state index in [2.05, 4.69) is 19.9 Å². The molecule has 29 heavy (non-hydrogen) atoms. The molecule has 2 aromatic rings. The van der Waals surface area contributed by atoms with Crippen molar-refractivity contribution >= 4 is 17.7 Å². The smallest absolute Gasteiger partial charge is 0.281 e. The van der Waals surface area contributed by atoms with Gasteiger partial charge in [0.05, 0.1) is 38.2 Å². The van der Waals surface area contributed by atoms with Crippen LogP contribution in [0.4, 0.5) is 26.5 Å². The highest BCUT2D eigenvalue weighted by Crippen LogP contribution is 2.32. The molecule has 0 bridgehead atoms. The van der Waals surface area contributed by atoms with Gasteiger partial charge in [0, 0.05) is 37.5 Å². The molecular formula is C18H23F2N7O2. The van der Waals surface area contributed by atoms with Gasteiger partial charge in [0.1, 0.15) is 11.5 Å². The van der Waals surface area contributed by atoms with E-state index in [-0.39, 0.29) is 17.6 Å². The van der Waals surface area contributed by atoms with Gasteiger partial charge in [0.15, 0.2) is 0 Å². The number of nitrogen functional groups attached to an aromatic ring is 1. The third-order valence-corrected chi connectivity index (χ3v) is 4.98. The second-order valence-corrected chi connectivity index (χ2v) is 6.96. The Labute approximate surface area is 166 Å². The van der Waals surface area contributed by atoms with Crippen molar-refractivity contribution in [1.29, 1.82) is 0 Å². The van der Waals surface area contributed by atoms with Crippen molar-refractivity contribution in [2.75, 3.05) is 61.6 Å². The van der Waals surface area contributed by atoms with E-state index >= 15 is 0 Å². The number of anilines is 3. The SMILES string of the molecule is CC1COCCN1c1nc(-c2cnc(N)nc2C(F)F)cc(N2CCOCC2)n1. The predicted octanol–water partition coefficient (Wildman–Crippen LogP) is 1.52. The first-order valence-electron chi connectivity index (χ1n) is 9.50. The summed E-state index contributed by atoms with van der Waals surface area (Å²) < 4.78 is 38.2. The second-order valence-electron chi connectivity index (χ2n) is 6.96. The summed E-state index contributed by atoms with van der Waals surface area (Å²) in [6, 6.07) is 1.76. The highest BCUT2D eigenvalue weighted by atomic mass is 19.3. The third-order valence-electron chi connectivity index (χ3n) is 4.98. The van der Waals surface area contributed by atoms with Crippen LogP contribution >= 0.6 is 0 Å². The van der Waals surface area contributed by atoms with Crippen molar-refractivity contribution in [3.63, 3.8) is 0 Å². The van der Waals surface area contributed by atoms with E-state index in [4.69, 9.17) is 20.2 Å². The van der Waals surface area contributed by atoms with Gasteiger partial charge in [0.25, 0.3) is 6.43 Å². The Balaban J connectivity index is 1.81. The lowest BCUT2D eigenvalue weighted by Crippen LogP contribution is -2.45. The molecule has 2 aliphatic heterocycles. The quantitative estimate of drug-likeness (QED) is 0.808. The van der Waals surface area contributed by atoms with E-state index in [1.165, 1.54) is 6.20 Å². The number of ether oxygens (including phenoxy) is 2. The van der Waals surface area contributed by atoms with Crippen LogP contribution in [0.1, 0.15) is 19.0 Å². The van der Waals surface area contributed by atoms with Crippen LogP contribution in [0.25, 0.3) is 11.3 Å². The maximum Gasteiger partial charge on any atom is 0.281 e. The number of alkyl halides is 2. The van der Waals surface area contributed by atoms with Crippen molar-refractivity contribution in [2.45, 2.75) is 19.4 Å². The first-order chi connectivity index (χ1) is 14.0. The molecule has 0 amide bonds. The molecule has 156 valence electrons. The van der Waals surface area contributed by atoms with Crippen LogP contribution in [0.2, 0.25) is 0 Å². The highest BCUT2D eigenvalue weighted by Gasteiger charge is 2.26. The Bertz CT molecular complexity index is 864. The molecular weight excluding hydrogens is 384 g/mol. The molecule has 2 fully saturated rings. The Morgan fingerprint density at radius 1 is 1.10 bits per heavy atom. The van der Waals surface area contributed by atoms with Gasteiger partial charge in [-0.1, -0.05) is 0 Å². The molecule has 0 aromatic carbocycles. The second kappa shape index (κ2) is 8.37. The molecule has 1 unspecified atom stereocenters. The molecule has 2 aliphatic rings. The third kappa shape index (κ3) is 4.20. The molecule has 9 nitrogen and oxygen atoms in total. The fourth-order valence-electron chi connectivity index (χ4n) is 3.44. The zero-order chi connectivity index (χ0) is 20.4. The Morgan fingerprint density at radius 3 is 2.59 bits per heavy atom. The van der Waals surface area contributed by atoms with E-state index in [1.54, 1.807) is 6.07 Å². The first-order valence-corrected chi connectivity index (χ1v) is 9.50. The van der Waals surface area contributed by atoms with E-state index < -0.39 is 12.1 Å². The van der Waals surface area contributed by atoms with Crippen molar-refractivity contribution < 1.29 is 18.3 Å². The van der Waals surface area contributed by atoms with Gasteiger partial charge in [-0.15, -0.1) is 0 Å². The lowest BCUT2D eigenvalue weighted by Gasteiger charge is -2.35. The van der Waals surface area contributed by atoms with Crippen LogP contribution in [-0.2, 0) is 9.47 Å². The van der Waals surface area contributed by atoms with Crippen LogP contribution in [-0.4, -0.2) is 72.0 Å². The molecule has 0 aliphatic carbocycles. The van der Waals surface area contributed by atoms with Gasteiger partial charge in [0.2, 0.25) is 11.9 Å². The number of nitrogens with zero attached hydrogens (tertiary/aromatic N) is 6. The summed E-state index contributed by atoms with van der Waals surface area (Å²) in [4.78, 5) is 21.0. The topological polar surface area (TPSA) is 103 Å². The fraction of sp³-hybridized carbons (Fsp3) is 0.556. The van der Waals surface area contributed by atoms with Gasteiger partial charge >= 0.3 is 0 Å². The van der Waals surface area contributed by atoms with Crippen molar-refractivity contribution in [2.24, 2.45) is 0 Å². The summed E-state index contributed by atoms with van der Waals surface area (Å²) in [5.74, 6) is 0.925. The number of aromatic nitrogens is 4. The average Bonchev–Trinajstić information content (AvgIpc) is 2.74. The number of hydrogen-bond donors (Lipinski definition) is 1. The number of halogens is 2. The standard InChI is InChI=1S/C18H23F2N7O2/c1-11-10-29-7-4-27(11)18-23-13(8-14(24-18)26-2-5-28-6-3-26)12-9-22-17(21)25-15(12)16(19)20/h8-9,11,16H,2-7,10H2,1H3,(H2,21,22,25). The molecule has 2 saturated heterocycles. The summed E-state index contributed by atoms with van der Waals surface area (Å²) in [5.41, 5.74) is 5.57. The van der Waals surface area contributed by atoms with E-state index in [0.717, 1.165) is 0 Å². The van der Waals surface area contributed by atoms with Gasteiger partial charge in [-0.05, 0) is 6.92 Å². The van der Waals surface area contributed by atoms with Crippen molar-refractivity contribution in [3.05, 3.63) is 18.0 Å². The minimum atomic E-state index is -2.80. The summed E-state index contributed by atoms with van der Waals surface area (Å²) >= 11 is 0. The number of nitrogens with two attached hydrogens (primary N) is 1.